The van der Waals surface area contributed by atoms with Gasteiger partial charge < -0.3 is 24.6 Å². The van der Waals surface area contributed by atoms with Gasteiger partial charge in [-0.05, 0) is 0 Å². The molecule has 12 N–H and O–H groups in total. The Balaban J connectivity index is 0. The molecule has 0 atom stereocenters. The van der Waals surface area contributed by atoms with Gasteiger partial charge in [0.15, 0.2) is 0 Å². The second-order valence-electron chi connectivity index (χ2n) is 0. The van der Waals surface area contributed by atoms with Crippen LogP contribution in [-0.2, 0) is 0 Å². The summed E-state index contributed by atoms with van der Waals surface area (Å²) in [5, 5.41) is 0. The third-order valence-electron chi connectivity index (χ3n) is 0. The quantitative estimate of drug-likeness (QED) is 0.312. The van der Waals surface area contributed by atoms with Gasteiger partial charge in [-0.1, -0.05) is 0 Å². The van der Waals surface area contributed by atoms with Crippen molar-refractivity contribution in [3.63, 3.8) is 0 Å². The zero-order valence-corrected chi connectivity index (χ0v) is 2.83. The number of hydrogen-bond acceptors (Lipinski definition) is 4. The van der Waals surface area contributed by atoms with Gasteiger partial charge >= 0.3 is 29.6 Å². The molecule has 0 saturated carbocycles. The molecule has 0 aliphatic rings. The maximum absolute atomic E-state index is 0. The summed E-state index contributed by atoms with van der Waals surface area (Å²) in [5.74, 6) is 0. The summed E-state index contributed by atoms with van der Waals surface area (Å²) in [6.45, 7) is 0. The molecule has 0 aromatic rings. The Kier molecular flexibility index (Phi) is 3920. The van der Waals surface area contributed by atoms with Crippen molar-refractivity contribution in [1.29, 1.82) is 0 Å². The van der Waals surface area contributed by atoms with Crippen LogP contribution in [0, 0.1) is 0 Å². The average Bonchev–Trinajstić information content (AvgIpc) is 0. The molecule has 5 heavy (non-hydrogen) atoms. The molecule has 0 fully saturated rings. The summed E-state index contributed by atoms with van der Waals surface area (Å²) in [6, 6.07) is 0. The van der Waals surface area contributed by atoms with E-state index in [1.165, 1.54) is 0 Å². The van der Waals surface area contributed by atoms with Crippen molar-refractivity contribution in [3.8, 4) is 0 Å². The van der Waals surface area contributed by atoms with E-state index >= 15 is 0 Å². The Morgan fingerprint density at radius 1 is 0.400 bits per heavy atom. The van der Waals surface area contributed by atoms with E-state index in [0.29, 0.717) is 0 Å². The van der Waals surface area contributed by atoms with Crippen molar-refractivity contribution in [1.82, 2.24) is 24.6 Å². The van der Waals surface area contributed by atoms with E-state index in [9.17, 15) is 0 Å². The third kappa shape index (κ3) is 55.3. The van der Waals surface area contributed by atoms with Crippen LogP contribution in [0.15, 0.2) is 0 Å². The summed E-state index contributed by atoms with van der Waals surface area (Å²) in [6.07, 6.45) is 0. The molecule has 0 bridgehead atoms. The van der Waals surface area contributed by atoms with Crippen molar-refractivity contribution < 1.29 is 0 Å². The minimum atomic E-state index is 0. The van der Waals surface area contributed by atoms with Crippen LogP contribution < -0.4 is 24.6 Å². The first-order valence-corrected chi connectivity index (χ1v) is 0. The van der Waals surface area contributed by atoms with Crippen molar-refractivity contribution in [2.24, 2.45) is 0 Å². The second-order valence-corrected chi connectivity index (χ2v) is 0. The number of rotatable bonds is 0. The van der Waals surface area contributed by atoms with Gasteiger partial charge in [0.05, 0.1) is 0 Å². The van der Waals surface area contributed by atoms with Gasteiger partial charge in [0.25, 0.3) is 0 Å². The second kappa shape index (κ2) is 101. The molecular formula is H13N4Na. The molecule has 5 heteroatoms. The van der Waals surface area contributed by atoms with Gasteiger partial charge in [0.2, 0.25) is 0 Å². The predicted molar refractivity (Wildman–Crippen MR) is 27.2 cm³/mol. The normalized spacial score (nSPS) is 0. The van der Waals surface area contributed by atoms with E-state index < -0.39 is 0 Å². The fourth-order valence-electron chi connectivity index (χ4n) is 0. The molecule has 0 aliphatic carbocycles. The van der Waals surface area contributed by atoms with E-state index in [0.717, 1.165) is 0 Å². The summed E-state index contributed by atoms with van der Waals surface area (Å²) in [7, 11) is 0. The molecule has 0 spiro atoms. The van der Waals surface area contributed by atoms with Gasteiger partial charge in [-0.2, -0.15) is 0 Å². The van der Waals surface area contributed by atoms with Crippen LogP contribution >= 0.6 is 0 Å². The van der Waals surface area contributed by atoms with E-state index in [1.54, 1.807) is 0 Å². The zero-order chi connectivity index (χ0) is 0. The molecule has 0 radical (unpaired) electrons. The van der Waals surface area contributed by atoms with Crippen molar-refractivity contribution in [2.75, 3.05) is 0 Å². The first-order chi connectivity index (χ1) is 0. The summed E-state index contributed by atoms with van der Waals surface area (Å²) in [4.78, 5) is 0. The van der Waals surface area contributed by atoms with E-state index in [1.807, 2.05) is 0 Å². The molecule has 0 aromatic heterocycles. The number of hydrogen-bond donors (Lipinski definition) is 4. The fraction of sp³-hybridized carbons (Fsp3) is 0. The van der Waals surface area contributed by atoms with Crippen LogP contribution in [0.25, 0.3) is 0 Å². The average molecular weight is 92.1 g/mol. The van der Waals surface area contributed by atoms with Gasteiger partial charge in [-0.15, -0.1) is 0 Å². The van der Waals surface area contributed by atoms with Crippen LogP contribution in [0.3, 0.4) is 0 Å². The van der Waals surface area contributed by atoms with Gasteiger partial charge in [-0.25, -0.2) is 0 Å². The molecule has 34 valence electrons. The van der Waals surface area contributed by atoms with Crippen LogP contribution in [0.2, 0.25) is 0 Å². The summed E-state index contributed by atoms with van der Waals surface area (Å²) < 4.78 is 0. The van der Waals surface area contributed by atoms with E-state index in [-0.39, 0.29) is 54.2 Å². The first-order valence-electron chi connectivity index (χ1n) is 0. The Morgan fingerprint density at radius 2 is 0.400 bits per heavy atom. The standard InChI is InChI=1S/4H3N.Na.H/h4*1H3;;. The molecule has 0 aromatic carbocycles. The maximum atomic E-state index is 0. The topological polar surface area (TPSA) is 140 Å². The van der Waals surface area contributed by atoms with Crippen molar-refractivity contribution >= 4 is 29.6 Å². The Morgan fingerprint density at radius 3 is 0.400 bits per heavy atom. The summed E-state index contributed by atoms with van der Waals surface area (Å²) in [5.41, 5.74) is 0. The molecule has 0 saturated heterocycles. The van der Waals surface area contributed by atoms with Crippen LogP contribution in [0.1, 0.15) is 0 Å². The molecule has 0 heterocycles. The zero-order valence-electron chi connectivity index (χ0n) is 2.83. The van der Waals surface area contributed by atoms with E-state index in [4.69, 9.17) is 0 Å². The molecule has 0 aliphatic heterocycles. The first kappa shape index (κ1) is 194. The van der Waals surface area contributed by atoms with Gasteiger partial charge in [0.1, 0.15) is 0 Å². The Hall–Kier alpha value is 0.840. The molecule has 0 rings (SSSR count). The van der Waals surface area contributed by atoms with Crippen molar-refractivity contribution in [2.45, 2.75) is 0 Å². The van der Waals surface area contributed by atoms with Crippen LogP contribution in [0.4, 0.5) is 0 Å². The molecular weight excluding hydrogens is 79.0 g/mol. The van der Waals surface area contributed by atoms with Gasteiger partial charge in [-0.3, -0.25) is 0 Å². The van der Waals surface area contributed by atoms with Crippen LogP contribution in [0.5, 0.6) is 0 Å². The third-order valence-corrected chi connectivity index (χ3v) is 0. The van der Waals surface area contributed by atoms with Gasteiger partial charge in [0, 0.05) is 0 Å². The monoisotopic (exact) mass is 92.1 g/mol. The minimum absolute atomic E-state index is 0. The molecule has 0 amide bonds. The molecule has 4 nitrogen and oxygen atoms in total. The summed E-state index contributed by atoms with van der Waals surface area (Å²) >= 11 is 0. The van der Waals surface area contributed by atoms with Crippen LogP contribution in [-0.4, -0.2) is 29.6 Å². The fourth-order valence-corrected chi connectivity index (χ4v) is 0. The Labute approximate surface area is 54.3 Å². The predicted octanol–water partition coefficient (Wildman–Crippen LogP) is -0.000500. The van der Waals surface area contributed by atoms with Crippen molar-refractivity contribution in [3.05, 3.63) is 0 Å². The SMILES string of the molecule is N.N.N.N.[NaH]. The Bertz CT molecular complexity index is 3.61. The van der Waals surface area contributed by atoms with E-state index in [2.05, 4.69) is 0 Å². The molecule has 0 unspecified atom stereocenters.